The zero-order valence-electron chi connectivity index (χ0n) is 9.67. The molecule has 0 bridgehead atoms. The van der Waals surface area contributed by atoms with Crippen LogP contribution in [0.4, 0.5) is 5.82 Å². The van der Waals surface area contributed by atoms with Crippen molar-refractivity contribution in [2.45, 2.75) is 51.5 Å². The molecule has 88 valence electrons. The highest BCUT2D eigenvalue weighted by Crippen LogP contribution is 2.22. The minimum atomic E-state index is 0.321. The van der Waals surface area contributed by atoms with Crippen molar-refractivity contribution in [3.8, 4) is 0 Å². The smallest absolute Gasteiger partial charge is 0.224 e. The van der Waals surface area contributed by atoms with Gasteiger partial charge in [-0.2, -0.15) is 0 Å². The van der Waals surface area contributed by atoms with Gasteiger partial charge in [-0.25, -0.2) is 9.97 Å². The Morgan fingerprint density at radius 1 is 1.25 bits per heavy atom. The largest absolute Gasteiger partial charge is 0.367 e. The number of aromatic nitrogens is 2. The third kappa shape index (κ3) is 3.08. The van der Waals surface area contributed by atoms with Crippen LogP contribution in [-0.2, 0) is 0 Å². The summed E-state index contributed by atoms with van der Waals surface area (Å²) < 4.78 is 0. The van der Waals surface area contributed by atoms with Gasteiger partial charge in [-0.15, -0.1) is 0 Å². The van der Waals surface area contributed by atoms with Crippen LogP contribution in [-0.4, -0.2) is 16.0 Å². The zero-order chi connectivity index (χ0) is 11.4. The average molecular weight is 240 g/mol. The number of aryl methyl sites for hydroxylation is 1. The van der Waals surface area contributed by atoms with Crippen molar-refractivity contribution in [1.82, 2.24) is 9.97 Å². The molecule has 1 heterocycles. The van der Waals surface area contributed by atoms with E-state index in [4.69, 9.17) is 11.6 Å². The van der Waals surface area contributed by atoms with Gasteiger partial charge < -0.3 is 5.32 Å². The molecule has 3 nitrogen and oxygen atoms in total. The Bertz CT molecular complexity index is 346. The van der Waals surface area contributed by atoms with Crippen LogP contribution in [0.15, 0.2) is 6.20 Å². The maximum atomic E-state index is 5.80. The van der Waals surface area contributed by atoms with E-state index in [0.717, 1.165) is 11.4 Å². The van der Waals surface area contributed by atoms with Crippen molar-refractivity contribution in [1.29, 1.82) is 0 Å². The van der Waals surface area contributed by atoms with E-state index >= 15 is 0 Å². The minimum Gasteiger partial charge on any atom is -0.367 e. The summed E-state index contributed by atoms with van der Waals surface area (Å²) in [6.45, 7) is 2.01. The lowest BCUT2D eigenvalue weighted by molar-refractivity contribution is 0.617. The molecule has 1 N–H and O–H groups in total. The average Bonchev–Trinajstić information content (AvgIpc) is 2.52. The van der Waals surface area contributed by atoms with Crippen LogP contribution in [0.5, 0.6) is 0 Å². The fourth-order valence-electron chi connectivity index (χ4n) is 2.18. The number of nitrogens with zero attached hydrogens (tertiary/aromatic N) is 2. The normalized spacial score (nSPS) is 18.1. The molecule has 1 aromatic heterocycles. The molecule has 1 aliphatic carbocycles. The highest BCUT2D eigenvalue weighted by atomic mass is 35.5. The summed E-state index contributed by atoms with van der Waals surface area (Å²) in [7, 11) is 0. The minimum absolute atomic E-state index is 0.321. The first kappa shape index (κ1) is 11.6. The summed E-state index contributed by atoms with van der Waals surface area (Å²) >= 11 is 5.80. The standard InChI is InChI=1S/C12H18ClN3/c1-9-8-14-12(13)16-11(9)15-10-6-4-2-3-5-7-10/h8,10H,2-7H2,1H3,(H,14,15,16). The molecule has 2 rings (SSSR count). The first-order valence-electron chi connectivity index (χ1n) is 6.01. The van der Waals surface area contributed by atoms with Gasteiger partial charge >= 0.3 is 0 Å². The summed E-state index contributed by atoms with van der Waals surface area (Å²) in [6.07, 6.45) is 9.60. The van der Waals surface area contributed by atoms with E-state index < -0.39 is 0 Å². The Hall–Kier alpha value is -0.830. The van der Waals surface area contributed by atoms with Crippen LogP contribution in [0.3, 0.4) is 0 Å². The topological polar surface area (TPSA) is 37.8 Å². The molecule has 1 fully saturated rings. The van der Waals surface area contributed by atoms with Crippen LogP contribution in [0, 0.1) is 6.92 Å². The predicted molar refractivity (Wildman–Crippen MR) is 66.9 cm³/mol. The van der Waals surface area contributed by atoms with Crippen LogP contribution in [0.25, 0.3) is 0 Å². The lowest BCUT2D eigenvalue weighted by atomic mass is 10.1. The molecular weight excluding hydrogens is 222 g/mol. The van der Waals surface area contributed by atoms with Gasteiger partial charge in [0.25, 0.3) is 0 Å². The van der Waals surface area contributed by atoms with Gasteiger partial charge in [0.15, 0.2) is 0 Å². The van der Waals surface area contributed by atoms with Gasteiger partial charge in [0.2, 0.25) is 5.28 Å². The highest BCUT2D eigenvalue weighted by Gasteiger charge is 2.13. The summed E-state index contributed by atoms with van der Waals surface area (Å²) in [5.41, 5.74) is 1.06. The van der Waals surface area contributed by atoms with E-state index in [0.29, 0.717) is 11.3 Å². The fourth-order valence-corrected chi connectivity index (χ4v) is 2.32. The fraction of sp³-hybridized carbons (Fsp3) is 0.667. The molecule has 0 aliphatic heterocycles. The lowest BCUT2D eigenvalue weighted by Gasteiger charge is -2.18. The van der Waals surface area contributed by atoms with Crippen molar-refractivity contribution < 1.29 is 0 Å². The van der Waals surface area contributed by atoms with Crippen molar-refractivity contribution >= 4 is 17.4 Å². The van der Waals surface area contributed by atoms with E-state index in [1.807, 2.05) is 6.92 Å². The lowest BCUT2D eigenvalue weighted by Crippen LogP contribution is -2.19. The van der Waals surface area contributed by atoms with Crippen molar-refractivity contribution in [2.24, 2.45) is 0 Å². The first-order chi connectivity index (χ1) is 7.75. The second-order valence-corrected chi connectivity index (χ2v) is 4.84. The summed E-state index contributed by atoms with van der Waals surface area (Å²) in [4.78, 5) is 8.21. The Kier molecular flexibility index (Phi) is 3.99. The van der Waals surface area contributed by atoms with E-state index in [1.54, 1.807) is 6.20 Å². The SMILES string of the molecule is Cc1cnc(Cl)nc1NC1CCCCCC1. The van der Waals surface area contributed by atoms with Crippen molar-refractivity contribution in [3.63, 3.8) is 0 Å². The van der Waals surface area contributed by atoms with E-state index in [2.05, 4.69) is 15.3 Å². The Labute approximate surface area is 102 Å². The van der Waals surface area contributed by atoms with Crippen LogP contribution < -0.4 is 5.32 Å². The molecule has 0 spiro atoms. The van der Waals surface area contributed by atoms with Crippen molar-refractivity contribution in [3.05, 3.63) is 17.0 Å². The highest BCUT2D eigenvalue weighted by molar-refractivity contribution is 6.28. The molecule has 16 heavy (non-hydrogen) atoms. The van der Waals surface area contributed by atoms with Crippen LogP contribution in [0.1, 0.15) is 44.1 Å². The third-order valence-electron chi connectivity index (χ3n) is 3.14. The molecule has 4 heteroatoms. The number of halogens is 1. The van der Waals surface area contributed by atoms with Gasteiger partial charge in [-0.05, 0) is 31.4 Å². The number of anilines is 1. The second kappa shape index (κ2) is 5.48. The molecule has 1 aliphatic rings. The Balaban J connectivity index is 2.04. The molecule has 0 amide bonds. The van der Waals surface area contributed by atoms with Gasteiger partial charge in [0.1, 0.15) is 5.82 Å². The van der Waals surface area contributed by atoms with Crippen LogP contribution in [0.2, 0.25) is 5.28 Å². The van der Waals surface area contributed by atoms with Gasteiger partial charge in [-0.3, -0.25) is 0 Å². The molecule has 0 radical (unpaired) electrons. The predicted octanol–water partition coefficient (Wildman–Crippen LogP) is 3.57. The quantitative estimate of drug-likeness (QED) is 0.633. The zero-order valence-corrected chi connectivity index (χ0v) is 10.4. The van der Waals surface area contributed by atoms with E-state index in [-0.39, 0.29) is 0 Å². The van der Waals surface area contributed by atoms with Crippen LogP contribution >= 0.6 is 11.6 Å². The van der Waals surface area contributed by atoms with Gasteiger partial charge in [0.05, 0.1) is 0 Å². The van der Waals surface area contributed by atoms with Gasteiger partial charge in [0, 0.05) is 17.8 Å². The second-order valence-electron chi connectivity index (χ2n) is 4.50. The summed E-state index contributed by atoms with van der Waals surface area (Å²) in [6, 6.07) is 0.548. The number of hydrogen-bond donors (Lipinski definition) is 1. The van der Waals surface area contributed by atoms with E-state index in [9.17, 15) is 0 Å². The summed E-state index contributed by atoms with van der Waals surface area (Å²) in [5, 5.41) is 3.82. The van der Waals surface area contributed by atoms with Gasteiger partial charge in [-0.1, -0.05) is 25.7 Å². The molecule has 1 saturated carbocycles. The van der Waals surface area contributed by atoms with E-state index in [1.165, 1.54) is 38.5 Å². The number of hydrogen-bond acceptors (Lipinski definition) is 3. The number of nitrogens with one attached hydrogen (secondary N) is 1. The number of rotatable bonds is 2. The maximum Gasteiger partial charge on any atom is 0.224 e. The molecule has 0 unspecified atom stereocenters. The third-order valence-corrected chi connectivity index (χ3v) is 3.32. The Morgan fingerprint density at radius 2 is 1.94 bits per heavy atom. The monoisotopic (exact) mass is 239 g/mol. The molecule has 1 aromatic rings. The molecule has 0 atom stereocenters. The molecule has 0 aromatic carbocycles. The molecular formula is C12H18ClN3. The first-order valence-corrected chi connectivity index (χ1v) is 6.39. The molecule has 0 saturated heterocycles. The maximum absolute atomic E-state index is 5.80. The summed E-state index contributed by atoms with van der Waals surface area (Å²) in [5.74, 6) is 0.895. The van der Waals surface area contributed by atoms with Crippen molar-refractivity contribution in [2.75, 3.05) is 5.32 Å². The Morgan fingerprint density at radius 3 is 2.62 bits per heavy atom.